The van der Waals surface area contributed by atoms with E-state index in [2.05, 4.69) is 27.4 Å². The van der Waals surface area contributed by atoms with Crippen molar-refractivity contribution in [2.45, 2.75) is 58.0 Å². The smallest absolute Gasteiger partial charge is 0.237 e. The molecule has 3 rings (SSSR count). The van der Waals surface area contributed by atoms with Gasteiger partial charge in [0.05, 0.1) is 18.2 Å². The summed E-state index contributed by atoms with van der Waals surface area (Å²) in [5.41, 5.74) is 1.22. The molecule has 1 atom stereocenters. The molecular weight excluding hydrogens is 328 g/mol. The number of nitrogens with one attached hydrogen (secondary N) is 2. The Kier molecular flexibility index (Phi) is 6.25. The summed E-state index contributed by atoms with van der Waals surface area (Å²) in [6.07, 6.45) is 7.96. The van der Waals surface area contributed by atoms with Crippen molar-refractivity contribution < 1.29 is 9.59 Å². The first-order valence-corrected chi connectivity index (χ1v) is 9.80. The third-order valence-electron chi connectivity index (χ3n) is 5.77. The Morgan fingerprint density at radius 3 is 2.92 bits per heavy atom. The van der Waals surface area contributed by atoms with Gasteiger partial charge in [-0.1, -0.05) is 25.8 Å². The van der Waals surface area contributed by atoms with Crippen molar-refractivity contribution in [2.75, 3.05) is 19.6 Å². The number of piperazine rings is 1. The van der Waals surface area contributed by atoms with E-state index in [1.54, 1.807) is 6.20 Å². The summed E-state index contributed by atoms with van der Waals surface area (Å²) in [5.74, 6) is -0.0882. The van der Waals surface area contributed by atoms with Gasteiger partial charge < -0.3 is 10.6 Å². The summed E-state index contributed by atoms with van der Waals surface area (Å²) < 4.78 is 0. The van der Waals surface area contributed by atoms with Gasteiger partial charge in [-0.2, -0.15) is 0 Å². The maximum Gasteiger partial charge on any atom is 0.237 e. The minimum absolute atomic E-state index is 0.0274. The topological polar surface area (TPSA) is 74.3 Å². The first-order valence-electron chi connectivity index (χ1n) is 9.80. The van der Waals surface area contributed by atoms with Crippen molar-refractivity contribution in [3.05, 3.63) is 30.1 Å². The van der Waals surface area contributed by atoms with Crippen molar-refractivity contribution in [1.82, 2.24) is 20.5 Å². The van der Waals surface area contributed by atoms with Crippen LogP contribution in [-0.2, 0) is 16.1 Å². The molecule has 0 aromatic carbocycles. The van der Waals surface area contributed by atoms with Gasteiger partial charge in [-0.15, -0.1) is 0 Å². The predicted octanol–water partition coefficient (Wildman–Crippen LogP) is 1.86. The molecule has 0 unspecified atom stereocenters. The standard InChI is InChI=1S/C20H30N4O2/c1-2-7-20(8-5-9-20)15-23-18(25)13-17-19(26)22-11-12-24(17)14-16-6-3-4-10-21-16/h3-4,6,10,17H,2,5,7-9,11-15H2,1H3,(H,22,26)(H,23,25)/t17-/m0/s1. The second kappa shape index (κ2) is 8.62. The van der Waals surface area contributed by atoms with Crippen molar-refractivity contribution in [1.29, 1.82) is 0 Å². The number of amides is 2. The molecule has 0 radical (unpaired) electrons. The summed E-state index contributed by atoms with van der Waals surface area (Å²) >= 11 is 0. The van der Waals surface area contributed by atoms with Gasteiger partial charge in [0.1, 0.15) is 0 Å². The molecule has 2 amide bonds. The van der Waals surface area contributed by atoms with Crippen LogP contribution in [0.25, 0.3) is 0 Å². The third-order valence-corrected chi connectivity index (χ3v) is 5.77. The van der Waals surface area contributed by atoms with Crippen LogP contribution >= 0.6 is 0 Å². The van der Waals surface area contributed by atoms with E-state index in [0.717, 1.165) is 25.2 Å². The van der Waals surface area contributed by atoms with Gasteiger partial charge in [-0.3, -0.25) is 19.5 Å². The van der Waals surface area contributed by atoms with E-state index in [0.29, 0.717) is 18.5 Å². The minimum atomic E-state index is -0.422. The molecule has 0 spiro atoms. The van der Waals surface area contributed by atoms with Gasteiger partial charge in [0, 0.05) is 32.4 Å². The number of carbonyl (C=O) groups is 2. The van der Waals surface area contributed by atoms with Crippen molar-refractivity contribution in [2.24, 2.45) is 5.41 Å². The number of hydrogen-bond acceptors (Lipinski definition) is 4. The molecule has 1 aliphatic heterocycles. The SMILES string of the molecule is CCCC1(CNC(=O)C[C@H]2C(=O)NCCN2Cc2ccccn2)CCC1. The van der Waals surface area contributed by atoms with Crippen LogP contribution in [0.3, 0.4) is 0 Å². The lowest BCUT2D eigenvalue weighted by molar-refractivity contribution is -0.134. The fourth-order valence-electron chi connectivity index (χ4n) is 4.13. The zero-order valence-electron chi connectivity index (χ0n) is 15.7. The molecule has 2 heterocycles. The van der Waals surface area contributed by atoms with Crippen LogP contribution in [0, 0.1) is 5.41 Å². The average molecular weight is 358 g/mol. The van der Waals surface area contributed by atoms with Crippen molar-refractivity contribution >= 4 is 11.8 Å². The van der Waals surface area contributed by atoms with E-state index in [1.165, 1.54) is 25.7 Å². The van der Waals surface area contributed by atoms with Gasteiger partial charge in [0.15, 0.2) is 0 Å². The molecule has 1 aromatic rings. The summed E-state index contributed by atoms with van der Waals surface area (Å²) in [5, 5.41) is 5.99. The van der Waals surface area contributed by atoms with Gasteiger partial charge in [-0.25, -0.2) is 0 Å². The zero-order valence-corrected chi connectivity index (χ0v) is 15.7. The van der Waals surface area contributed by atoms with Crippen LogP contribution in [0.1, 0.15) is 51.1 Å². The summed E-state index contributed by atoms with van der Waals surface area (Å²) in [6, 6.07) is 5.35. The van der Waals surface area contributed by atoms with Crippen LogP contribution < -0.4 is 10.6 Å². The van der Waals surface area contributed by atoms with Crippen LogP contribution in [-0.4, -0.2) is 47.4 Å². The highest BCUT2D eigenvalue weighted by molar-refractivity contribution is 5.88. The Morgan fingerprint density at radius 2 is 2.27 bits per heavy atom. The number of pyridine rings is 1. The monoisotopic (exact) mass is 358 g/mol. The fraction of sp³-hybridized carbons (Fsp3) is 0.650. The maximum absolute atomic E-state index is 12.5. The normalized spacial score (nSPS) is 22.3. The van der Waals surface area contributed by atoms with Gasteiger partial charge in [0.2, 0.25) is 11.8 Å². The zero-order chi connectivity index (χ0) is 18.4. The predicted molar refractivity (Wildman–Crippen MR) is 100 cm³/mol. The molecule has 1 saturated carbocycles. The number of hydrogen-bond donors (Lipinski definition) is 2. The second-order valence-corrected chi connectivity index (χ2v) is 7.68. The van der Waals surface area contributed by atoms with E-state index >= 15 is 0 Å². The average Bonchev–Trinajstić information content (AvgIpc) is 2.61. The molecule has 1 aliphatic carbocycles. The molecule has 1 aromatic heterocycles. The molecule has 6 heteroatoms. The fourth-order valence-corrected chi connectivity index (χ4v) is 4.13. The molecule has 26 heavy (non-hydrogen) atoms. The molecule has 2 aliphatic rings. The first-order chi connectivity index (χ1) is 12.6. The van der Waals surface area contributed by atoms with E-state index < -0.39 is 6.04 Å². The van der Waals surface area contributed by atoms with Crippen molar-refractivity contribution in [3.63, 3.8) is 0 Å². The minimum Gasteiger partial charge on any atom is -0.355 e. The van der Waals surface area contributed by atoms with E-state index in [-0.39, 0.29) is 18.2 Å². The van der Waals surface area contributed by atoms with E-state index in [9.17, 15) is 9.59 Å². The van der Waals surface area contributed by atoms with Crippen molar-refractivity contribution in [3.8, 4) is 0 Å². The summed E-state index contributed by atoms with van der Waals surface area (Å²) in [7, 11) is 0. The number of nitrogens with zero attached hydrogens (tertiary/aromatic N) is 2. The van der Waals surface area contributed by atoms with E-state index in [1.807, 2.05) is 18.2 Å². The summed E-state index contributed by atoms with van der Waals surface area (Å²) in [4.78, 5) is 31.3. The first kappa shape index (κ1) is 18.8. The highest BCUT2D eigenvalue weighted by Gasteiger charge is 2.37. The summed E-state index contributed by atoms with van der Waals surface area (Å²) in [6.45, 7) is 4.88. The Bertz CT molecular complexity index is 615. The maximum atomic E-state index is 12.5. The number of carbonyl (C=O) groups excluding carboxylic acids is 2. The van der Waals surface area contributed by atoms with Crippen LogP contribution in [0.4, 0.5) is 0 Å². The highest BCUT2D eigenvalue weighted by Crippen LogP contribution is 2.44. The molecule has 2 N–H and O–H groups in total. The van der Waals surface area contributed by atoms with Gasteiger partial charge >= 0.3 is 0 Å². The molecule has 6 nitrogen and oxygen atoms in total. The molecular formula is C20H30N4O2. The van der Waals surface area contributed by atoms with Gasteiger partial charge in [0.25, 0.3) is 0 Å². The lowest BCUT2D eigenvalue weighted by atomic mass is 9.66. The molecule has 0 bridgehead atoms. The number of aromatic nitrogens is 1. The van der Waals surface area contributed by atoms with Crippen LogP contribution in [0.2, 0.25) is 0 Å². The third kappa shape index (κ3) is 4.61. The molecule has 2 fully saturated rings. The quantitative estimate of drug-likeness (QED) is 0.744. The Morgan fingerprint density at radius 1 is 1.42 bits per heavy atom. The molecule has 1 saturated heterocycles. The Balaban J connectivity index is 1.56. The van der Waals surface area contributed by atoms with E-state index in [4.69, 9.17) is 0 Å². The molecule has 142 valence electrons. The largest absolute Gasteiger partial charge is 0.355 e. The number of rotatable bonds is 8. The second-order valence-electron chi connectivity index (χ2n) is 7.68. The van der Waals surface area contributed by atoms with Gasteiger partial charge in [-0.05, 0) is 36.8 Å². The van der Waals surface area contributed by atoms with Crippen LogP contribution in [0.15, 0.2) is 24.4 Å². The Labute approximate surface area is 155 Å². The van der Waals surface area contributed by atoms with Crippen LogP contribution in [0.5, 0.6) is 0 Å². The lowest BCUT2D eigenvalue weighted by Crippen LogP contribution is -2.56. The highest BCUT2D eigenvalue weighted by atomic mass is 16.2. The lowest BCUT2D eigenvalue weighted by Gasteiger charge is -2.42. The Hall–Kier alpha value is -1.95.